The number of rotatable bonds is 3. The Morgan fingerprint density at radius 2 is 1.66 bits per heavy atom. The fourth-order valence-electron chi connectivity index (χ4n) is 4.98. The van der Waals surface area contributed by atoms with E-state index in [1.165, 1.54) is 0 Å². The average Bonchev–Trinajstić information content (AvgIpc) is 3.42. The van der Waals surface area contributed by atoms with E-state index in [1.54, 1.807) is 29.2 Å². The SMILES string of the molecule is O=C(C1=CC2C=CC=CC2N1)N1C[C@@H](O)[C@H](N2CCN(C(=O)c3ccc(Cl)cc3)CC2)C1. The first-order valence-electron chi connectivity index (χ1n) is 11.1. The first-order valence-corrected chi connectivity index (χ1v) is 11.5. The molecule has 5 rings (SSSR count). The Morgan fingerprint density at radius 3 is 2.38 bits per heavy atom. The maximum absolute atomic E-state index is 13.0. The lowest BCUT2D eigenvalue weighted by atomic mass is 9.98. The molecule has 4 aliphatic rings. The minimum atomic E-state index is -0.596. The number of allylic oxidation sites excluding steroid dienone is 2. The van der Waals surface area contributed by atoms with Gasteiger partial charge in [0.15, 0.2) is 0 Å². The summed E-state index contributed by atoms with van der Waals surface area (Å²) in [7, 11) is 0. The molecule has 3 aliphatic heterocycles. The Morgan fingerprint density at radius 1 is 0.938 bits per heavy atom. The van der Waals surface area contributed by atoms with E-state index in [2.05, 4.69) is 22.4 Å². The quantitative estimate of drug-likeness (QED) is 0.719. The molecule has 0 spiro atoms. The molecule has 3 heterocycles. The van der Waals surface area contributed by atoms with Gasteiger partial charge in [-0.05, 0) is 30.3 Å². The van der Waals surface area contributed by atoms with E-state index in [4.69, 9.17) is 11.6 Å². The van der Waals surface area contributed by atoms with Gasteiger partial charge in [-0.2, -0.15) is 0 Å². The molecule has 2 amide bonds. The van der Waals surface area contributed by atoms with Crippen LogP contribution in [0.2, 0.25) is 5.02 Å². The molecule has 168 valence electrons. The fourth-order valence-corrected chi connectivity index (χ4v) is 5.10. The van der Waals surface area contributed by atoms with Gasteiger partial charge in [0.2, 0.25) is 0 Å². The van der Waals surface area contributed by atoms with Crippen LogP contribution in [0.1, 0.15) is 10.4 Å². The van der Waals surface area contributed by atoms with Crippen LogP contribution in [0, 0.1) is 5.92 Å². The van der Waals surface area contributed by atoms with E-state index >= 15 is 0 Å². The minimum Gasteiger partial charge on any atom is -0.390 e. The number of aliphatic hydroxyl groups is 1. The highest BCUT2D eigenvalue weighted by Crippen LogP contribution is 2.26. The normalized spacial score (nSPS) is 29.6. The Bertz CT molecular complexity index is 981. The highest BCUT2D eigenvalue weighted by molar-refractivity contribution is 6.30. The Hall–Kier alpha value is -2.61. The van der Waals surface area contributed by atoms with Crippen molar-refractivity contribution in [1.82, 2.24) is 20.0 Å². The Kier molecular flexibility index (Phi) is 5.80. The predicted molar refractivity (Wildman–Crippen MR) is 122 cm³/mol. The number of β-amino-alcohol motifs (C(OH)–C–C–N with tert-alkyl or cyclic N) is 1. The highest BCUT2D eigenvalue weighted by atomic mass is 35.5. The van der Waals surface area contributed by atoms with Gasteiger partial charge in [0.1, 0.15) is 0 Å². The van der Waals surface area contributed by atoms with Crippen molar-refractivity contribution in [2.24, 2.45) is 5.92 Å². The molecule has 0 saturated carbocycles. The Balaban J connectivity index is 1.17. The number of hydrogen-bond donors (Lipinski definition) is 2. The van der Waals surface area contributed by atoms with Gasteiger partial charge in [-0.1, -0.05) is 35.9 Å². The topological polar surface area (TPSA) is 76.1 Å². The molecule has 2 fully saturated rings. The summed E-state index contributed by atoms with van der Waals surface area (Å²) in [5.74, 6) is 0.140. The van der Waals surface area contributed by atoms with Crippen molar-refractivity contribution in [3.63, 3.8) is 0 Å². The van der Waals surface area contributed by atoms with Crippen LogP contribution in [-0.4, -0.2) is 89.1 Å². The molecule has 7 nitrogen and oxygen atoms in total. The van der Waals surface area contributed by atoms with Crippen molar-refractivity contribution in [2.75, 3.05) is 39.3 Å². The number of carbonyl (C=O) groups is 2. The maximum atomic E-state index is 13.0. The molecule has 0 aromatic heterocycles. The van der Waals surface area contributed by atoms with Gasteiger partial charge in [0.25, 0.3) is 11.8 Å². The third kappa shape index (κ3) is 4.08. The van der Waals surface area contributed by atoms with Gasteiger partial charge < -0.3 is 20.2 Å². The number of nitrogens with one attached hydrogen (secondary N) is 1. The lowest BCUT2D eigenvalue weighted by Gasteiger charge is -2.38. The van der Waals surface area contributed by atoms with E-state index in [1.807, 2.05) is 23.1 Å². The molecule has 1 aromatic rings. The number of nitrogens with zero attached hydrogens (tertiary/aromatic N) is 3. The highest BCUT2D eigenvalue weighted by Gasteiger charge is 2.41. The summed E-state index contributed by atoms with van der Waals surface area (Å²) in [5.41, 5.74) is 1.24. The van der Waals surface area contributed by atoms with Crippen LogP contribution in [0.25, 0.3) is 0 Å². The summed E-state index contributed by atoms with van der Waals surface area (Å²) in [6.45, 7) is 3.34. The van der Waals surface area contributed by atoms with E-state index in [-0.39, 0.29) is 29.8 Å². The van der Waals surface area contributed by atoms with Gasteiger partial charge >= 0.3 is 0 Å². The van der Waals surface area contributed by atoms with E-state index in [0.717, 1.165) is 0 Å². The summed E-state index contributed by atoms with van der Waals surface area (Å²) in [5, 5.41) is 14.6. The second-order valence-electron chi connectivity index (χ2n) is 8.78. The number of likely N-dealkylation sites (tertiary alicyclic amines) is 1. The third-order valence-electron chi connectivity index (χ3n) is 6.80. The Labute approximate surface area is 192 Å². The van der Waals surface area contributed by atoms with Crippen LogP contribution in [0.15, 0.2) is 60.3 Å². The van der Waals surface area contributed by atoms with Crippen molar-refractivity contribution in [1.29, 1.82) is 0 Å². The summed E-state index contributed by atoms with van der Waals surface area (Å²) in [6.07, 6.45) is 9.52. The van der Waals surface area contributed by atoms with Crippen LogP contribution >= 0.6 is 11.6 Å². The standard InChI is InChI=1S/C24H27ClN4O3/c25-18-7-5-16(6-8-18)23(31)28-11-9-27(10-12-28)21-14-29(15-22(21)30)24(32)20-13-17-3-1-2-4-19(17)26-20/h1-8,13,17,19,21-22,26,30H,9-12,14-15H2/t17?,19?,21-,22-/m1/s1. The van der Waals surface area contributed by atoms with E-state index < -0.39 is 6.10 Å². The molecule has 1 aromatic carbocycles. The van der Waals surface area contributed by atoms with Crippen molar-refractivity contribution in [2.45, 2.75) is 18.2 Å². The molecule has 1 aliphatic carbocycles. The van der Waals surface area contributed by atoms with Crippen LogP contribution in [0.3, 0.4) is 0 Å². The first-order chi connectivity index (χ1) is 15.5. The fraction of sp³-hybridized carbons (Fsp3) is 0.417. The maximum Gasteiger partial charge on any atom is 0.269 e. The molecular weight excluding hydrogens is 428 g/mol. The summed E-state index contributed by atoms with van der Waals surface area (Å²) in [4.78, 5) is 31.6. The van der Waals surface area contributed by atoms with Crippen LogP contribution in [0.5, 0.6) is 0 Å². The molecule has 0 radical (unpaired) electrons. The molecular formula is C24H27ClN4O3. The zero-order valence-electron chi connectivity index (χ0n) is 17.7. The minimum absolute atomic E-state index is 0.00565. The van der Waals surface area contributed by atoms with E-state index in [0.29, 0.717) is 55.6 Å². The van der Waals surface area contributed by atoms with Crippen LogP contribution in [-0.2, 0) is 4.79 Å². The zero-order valence-corrected chi connectivity index (χ0v) is 18.5. The third-order valence-corrected chi connectivity index (χ3v) is 7.05. The second-order valence-corrected chi connectivity index (χ2v) is 9.21. The number of carbonyl (C=O) groups excluding carboxylic acids is 2. The monoisotopic (exact) mass is 454 g/mol. The van der Waals surface area contributed by atoms with Gasteiger partial charge in [-0.25, -0.2) is 0 Å². The number of fused-ring (bicyclic) bond motifs is 1. The molecule has 2 saturated heterocycles. The van der Waals surface area contributed by atoms with E-state index in [9.17, 15) is 14.7 Å². The van der Waals surface area contributed by atoms with Gasteiger partial charge in [-0.15, -0.1) is 0 Å². The number of halogens is 1. The summed E-state index contributed by atoms with van der Waals surface area (Å²) >= 11 is 5.92. The zero-order chi connectivity index (χ0) is 22.2. The molecule has 0 bridgehead atoms. The van der Waals surface area contributed by atoms with Crippen LogP contribution in [0.4, 0.5) is 0 Å². The van der Waals surface area contributed by atoms with Gasteiger partial charge in [0, 0.05) is 55.8 Å². The van der Waals surface area contributed by atoms with Crippen molar-refractivity contribution < 1.29 is 14.7 Å². The summed E-state index contributed by atoms with van der Waals surface area (Å²) in [6, 6.07) is 6.96. The smallest absolute Gasteiger partial charge is 0.269 e. The van der Waals surface area contributed by atoms with Crippen LogP contribution < -0.4 is 5.32 Å². The molecule has 32 heavy (non-hydrogen) atoms. The largest absolute Gasteiger partial charge is 0.390 e. The molecule has 8 heteroatoms. The predicted octanol–water partition coefficient (Wildman–Crippen LogP) is 1.27. The van der Waals surface area contributed by atoms with Gasteiger partial charge in [-0.3, -0.25) is 14.5 Å². The number of amides is 2. The second kappa shape index (κ2) is 8.73. The molecule has 2 N–H and O–H groups in total. The number of aliphatic hydroxyl groups excluding tert-OH is 1. The number of piperazine rings is 1. The first kappa shape index (κ1) is 21.2. The summed E-state index contributed by atoms with van der Waals surface area (Å²) < 4.78 is 0. The van der Waals surface area contributed by atoms with Crippen molar-refractivity contribution in [3.05, 3.63) is 70.9 Å². The van der Waals surface area contributed by atoms with Gasteiger partial charge in [0.05, 0.1) is 23.9 Å². The average molecular weight is 455 g/mol. The number of hydrogen-bond acceptors (Lipinski definition) is 5. The van der Waals surface area contributed by atoms with Crippen molar-refractivity contribution >= 4 is 23.4 Å². The lowest BCUT2D eigenvalue weighted by molar-refractivity contribution is -0.126. The molecule has 4 atom stereocenters. The number of benzene rings is 1. The lowest BCUT2D eigenvalue weighted by Crippen LogP contribution is -2.55. The van der Waals surface area contributed by atoms with Crippen molar-refractivity contribution in [3.8, 4) is 0 Å². The molecule has 2 unspecified atom stereocenters.